The maximum absolute atomic E-state index is 12.9. The first-order valence-electron chi connectivity index (χ1n) is 9.32. The fourth-order valence-electron chi connectivity index (χ4n) is 3.07. The molecule has 30 heavy (non-hydrogen) atoms. The van der Waals surface area contributed by atoms with Crippen molar-refractivity contribution in [3.8, 4) is 11.5 Å². The molecular formula is C24H19N3O3. The summed E-state index contributed by atoms with van der Waals surface area (Å²) in [6.07, 6.45) is 0. The third kappa shape index (κ3) is 3.98. The summed E-state index contributed by atoms with van der Waals surface area (Å²) in [6.45, 7) is 0. The molecule has 0 aliphatic heterocycles. The molecule has 4 aromatic carbocycles. The van der Waals surface area contributed by atoms with E-state index >= 15 is 0 Å². The Morgan fingerprint density at radius 2 is 1.60 bits per heavy atom. The number of ether oxygens (including phenoxy) is 1. The number of methoxy groups -OCH3 is 1. The van der Waals surface area contributed by atoms with E-state index < -0.39 is 5.91 Å². The van der Waals surface area contributed by atoms with Crippen LogP contribution in [0.15, 0.2) is 95.2 Å². The van der Waals surface area contributed by atoms with Crippen LogP contribution in [0.2, 0.25) is 0 Å². The molecule has 0 heterocycles. The van der Waals surface area contributed by atoms with Crippen LogP contribution in [-0.4, -0.2) is 18.1 Å². The second kappa shape index (κ2) is 8.45. The summed E-state index contributed by atoms with van der Waals surface area (Å²) in [5.74, 6) is 0.0177. The molecule has 2 N–H and O–H groups in total. The smallest absolute Gasteiger partial charge is 0.259 e. The van der Waals surface area contributed by atoms with E-state index in [9.17, 15) is 9.90 Å². The zero-order valence-electron chi connectivity index (χ0n) is 16.2. The molecule has 0 aliphatic rings. The molecule has 0 atom stereocenters. The number of hydrogen-bond donors (Lipinski definition) is 2. The Morgan fingerprint density at radius 1 is 0.900 bits per heavy atom. The molecule has 148 valence electrons. The zero-order valence-corrected chi connectivity index (χ0v) is 16.2. The van der Waals surface area contributed by atoms with Gasteiger partial charge in [-0.1, -0.05) is 42.5 Å². The Morgan fingerprint density at radius 3 is 2.33 bits per heavy atom. The summed E-state index contributed by atoms with van der Waals surface area (Å²) in [6, 6.07) is 25.2. The number of phenols is 1. The predicted molar refractivity (Wildman–Crippen MR) is 117 cm³/mol. The third-order valence-corrected chi connectivity index (χ3v) is 4.61. The normalized spacial score (nSPS) is 11.0. The van der Waals surface area contributed by atoms with E-state index in [0.29, 0.717) is 22.5 Å². The molecule has 0 bridgehead atoms. The van der Waals surface area contributed by atoms with E-state index in [4.69, 9.17) is 4.74 Å². The fourth-order valence-corrected chi connectivity index (χ4v) is 3.07. The fraction of sp³-hybridized carbons (Fsp3) is 0.0417. The van der Waals surface area contributed by atoms with Gasteiger partial charge in [-0.2, -0.15) is 5.11 Å². The molecular weight excluding hydrogens is 378 g/mol. The molecule has 0 aromatic heterocycles. The highest BCUT2D eigenvalue weighted by molar-refractivity contribution is 6.11. The Kier molecular flexibility index (Phi) is 5.39. The largest absolute Gasteiger partial charge is 0.505 e. The van der Waals surface area contributed by atoms with E-state index in [-0.39, 0.29) is 17.0 Å². The van der Waals surface area contributed by atoms with Gasteiger partial charge in [-0.15, -0.1) is 5.11 Å². The topological polar surface area (TPSA) is 83.3 Å². The monoisotopic (exact) mass is 397 g/mol. The summed E-state index contributed by atoms with van der Waals surface area (Å²) < 4.78 is 5.13. The van der Waals surface area contributed by atoms with Crippen LogP contribution in [-0.2, 0) is 0 Å². The number of azo groups is 1. The van der Waals surface area contributed by atoms with Crippen molar-refractivity contribution >= 4 is 33.7 Å². The summed E-state index contributed by atoms with van der Waals surface area (Å²) in [7, 11) is 1.58. The van der Waals surface area contributed by atoms with Crippen molar-refractivity contribution in [1.29, 1.82) is 0 Å². The molecule has 6 nitrogen and oxygen atoms in total. The molecule has 4 aromatic rings. The number of benzene rings is 4. The molecule has 0 saturated carbocycles. The molecule has 1 amide bonds. The summed E-state index contributed by atoms with van der Waals surface area (Å²) >= 11 is 0. The minimum Gasteiger partial charge on any atom is -0.505 e. The average Bonchev–Trinajstić information content (AvgIpc) is 2.79. The van der Waals surface area contributed by atoms with Gasteiger partial charge in [0.15, 0.2) is 5.75 Å². The third-order valence-electron chi connectivity index (χ3n) is 4.61. The lowest BCUT2D eigenvalue weighted by Crippen LogP contribution is -2.12. The Labute approximate surface area is 173 Å². The number of carbonyl (C=O) groups excluding carboxylic acids is 1. The van der Waals surface area contributed by atoms with Crippen LogP contribution in [0.1, 0.15) is 10.4 Å². The van der Waals surface area contributed by atoms with E-state index in [2.05, 4.69) is 15.5 Å². The number of phenolic OH excluding ortho intramolecular Hbond substituents is 1. The number of nitrogens with one attached hydrogen (secondary N) is 1. The van der Waals surface area contributed by atoms with E-state index in [1.165, 1.54) is 0 Å². The molecule has 0 aliphatic carbocycles. The molecule has 0 saturated heterocycles. The Hall–Kier alpha value is -4.19. The second-order valence-corrected chi connectivity index (χ2v) is 6.56. The molecule has 0 radical (unpaired) electrons. The number of amides is 1. The maximum Gasteiger partial charge on any atom is 0.259 e. The number of carbonyl (C=O) groups is 1. The van der Waals surface area contributed by atoms with Crippen molar-refractivity contribution < 1.29 is 14.6 Å². The van der Waals surface area contributed by atoms with Gasteiger partial charge < -0.3 is 15.2 Å². The highest BCUT2D eigenvalue weighted by atomic mass is 16.5. The van der Waals surface area contributed by atoms with Gasteiger partial charge >= 0.3 is 0 Å². The lowest BCUT2D eigenvalue weighted by Gasteiger charge is -2.11. The predicted octanol–water partition coefficient (Wildman–Crippen LogP) is 6.22. The van der Waals surface area contributed by atoms with Gasteiger partial charge in [-0.25, -0.2) is 0 Å². The first-order valence-corrected chi connectivity index (χ1v) is 9.32. The Bertz CT molecular complexity index is 1220. The standard InChI is InChI=1S/C24H19N3O3/c1-30-19-13-11-17(12-14-19)25-24(29)21-15-16-7-5-6-10-20(16)22(23(21)28)27-26-18-8-3-2-4-9-18/h2-15,28H,1H3,(H,25,29). The highest BCUT2D eigenvalue weighted by Gasteiger charge is 2.18. The van der Waals surface area contributed by atoms with Gasteiger partial charge in [0.2, 0.25) is 0 Å². The van der Waals surface area contributed by atoms with Gasteiger partial charge in [0.25, 0.3) is 5.91 Å². The maximum atomic E-state index is 12.9. The Balaban J connectivity index is 1.73. The van der Waals surface area contributed by atoms with Crippen LogP contribution in [0.5, 0.6) is 11.5 Å². The van der Waals surface area contributed by atoms with Crippen molar-refractivity contribution in [3.63, 3.8) is 0 Å². The molecule has 0 unspecified atom stereocenters. The van der Waals surface area contributed by atoms with Gasteiger partial charge in [-0.3, -0.25) is 4.79 Å². The molecule has 6 heteroatoms. The second-order valence-electron chi connectivity index (χ2n) is 6.56. The summed E-state index contributed by atoms with van der Waals surface area (Å²) in [5.41, 5.74) is 1.60. The number of aromatic hydroxyl groups is 1. The van der Waals surface area contributed by atoms with Crippen LogP contribution in [0.25, 0.3) is 10.8 Å². The average molecular weight is 397 g/mol. The minimum atomic E-state index is -0.445. The quantitative estimate of drug-likeness (QED) is 0.392. The lowest BCUT2D eigenvalue weighted by molar-refractivity contribution is 0.102. The van der Waals surface area contributed by atoms with Crippen molar-refractivity contribution in [1.82, 2.24) is 0 Å². The summed E-state index contributed by atoms with van der Waals surface area (Å²) in [5, 5.41) is 23.6. The molecule has 0 fully saturated rings. The molecule has 4 rings (SSSR count). The van der Waals surface area contributed by atoms with Gasteiger partial charge in [0, 0.05) is 11.1 Å². The van der Waals surface area contributed by atoms with Crippen LogP contribution in [0.4, 0.5) is 17.1 Å². The van der Waals surface area contributed by atoms with E-state index in [1.54, 1.807) is 37.4 Å². The number of rotatable bonds is 5. The number of fused-ring (bicyclic) bond motifs is 1. The van der Waals surface area contributed by atoms with E-state index in [1.807, 2.05) is 54.6 Å². The van der Waals surface area contributed by atoms with Crippen LogP contribution in [0, 0.1) is 0 Å². The van der Waals surface area contributed by atoms with Crippen LogP contribution >= 0.6 is 0 Å². The minimum absolute atomic E-state index is 0.117. The van der Waals surface area contributed by atoms with Crippen molar-refractivity contribution in [2.45, 2.75) is 0 Å². The first kappa shape index (κ1) is 19.1. The SMILES string of the molecule is COc1ccc(NC(=O)c2cc3ccccc3c(N=Nc3ccccc3)c2O)cc1. The van der Waals surface area contributed by atoms with E-state index in [0.717, 1.165) is 5.39 Å². The zero-order chi connectivity index (χ0) is 20.9. The van der Waals surface area contributed by atoms with Gasteiger partial charge in [0.1, 0.15) is 11.4 Å². The van der Waals surface area contributed by atoms with Crippen molar-refractivity contribution in [2.24, 2.45) is 10.2 Å². The van der Waals surface area contributed by atoms with Crippen molar-refractivity contribution in [3.05, 3.63) is 90.5 Å². The first-order chi connectivity index (χ1) is 14.7. The molecule has 0 spiro atoms. The van der Waals surface area contributed by atoms with Crippen LogP contribution in [0.3, 0.4) is 0 Å². The van der Waals surface area contributed by atoms with Gasteiger partial charge in [0.05, 0.1) is 18.4 Å². The number of nitrogens with zero attached hydrogens (tertiary/aromatic N) is 2. The van der Waals surface area contributed by atoms with Gasteiger partial charge in [-0.05, 0) is 47.9 Å². The summed E-state index contributed by atoms with van der Waals surface area (Å²) in [4.78, 5) is 12.9. The van der Waals surface area contributed by atoms with Crippen molar-refractivity contribution in [2.75, 3.05) is 12.4 Å². The lowest BCUT2D eigenvalue weighted by atomic mass is 10.0. The number of hydrogen-bond acceptors (Lipinski definition) is 5. The van der Waals surface area contributed by atoms with Crippen LogP contribution < -0.4 is 10.1 Å². The highest BCUT2D eigenvalue weighted by Crippen LogP contribution is 2.39. The number of anilines is 1.